The summed E-state index contributed by atoms with van der Waals surface area (Å²) in [6.45, 7) is 1.18. The van der Waals surface area contributed by atoms with Crippen LogP contribution in [-0.4, -0.2) is 68.3 Å². The minimum Gasteiger partial charge on any atom is -0.497 e. The second-order valence-electron chi connectivity index (χ2n) is 10.7. The van der Waals surface area contributed by atoms with E-state index in [0.717, 1.165) is 16.3 Å². The summed E-state index contributed by atoms with van der Waals surface area (Å²) in [6, 6.07) is 22.4. The molecule has 4 aromatic rings. The van der Waals surface area contributed by atoms with Crippen LogP contribution >= 0.6 is 0 Å². The fourth-order valence-electron chi connectivity index (χ4n) is 5.53. The van der Waals surface area contributed by atoms with Gasteiger partial charge in [0.15, 0.2) is 5.03 Å². The van der Waals surface area contributed by atoms with Crippen LogP contribution in [0.5, 0.6) is 5.75 Å². The number of nitrogens with zero attached hydrogens (tertiary/aromatic N) is 2. The highest BCUT2D eigenvalue weighted by molar-refractivity contribution is 7.91. The number of methoxy groups -OCH3 is 1. The van der Waals surface area contributed by atoms with Gasteiger partial charge in [0.05, 0.1) is 18.6 Å². The van der Waals surface area contributed by atoms with E-state index in [4.69, 9.17) is 9.47 Å². The summed E-state index contributed by atoms with van der Waals surface area (Å²) in [7, 11) is -2.37. The van der Waals surface area contributed by atoms with E-state index in [2.05, 4.69) is 28.5 Å². The van der Waals surface area contributed by atoms with Crippen molar-refractivity contribution in [1.29, 1.82) is 0 Å². The van der Waals surface area contributed by atoms with Crippen LogP contribution in [0.25, 0.3) is 10.8 Å². The second-order valence-corrected chi connectivity index (χ2v) is 12.6. The van der Waals surface area contributed by atoms with E-state index < -0.39 is 27.9 Å². The highest BCUT2D eigenvalue weighted by atomic mass is 32.2. The quantitative estimate of drug-likeness (QED) is 0.245. The van der Waals surface area contributed by atoms with E-state index >= 15 is 0 Å². The van der Waals surface area contributed by atoms with Gasteiger partial charge in [-0.3, -0.25) is 4.79 Å². The molecule has 1 amide bonds. The molecular weight excluding hydrogens is 582 g/mol. The van der Waals surface area contributed by atoms with Crippen molar-refractivity contribution in [3.05, 3.63) is 96.2 Å². The maximum atomic E-state index is 13.1. The standard InChI is InChI=1S/C33H35N3O7S/c1-42-27-9-11-28(12-10-27)44(40,41)30-21-23(13-17-34-30)22-35-31(32(37)38)26-14-18-36(19-15-26)33(39)43-20-16-25-7-4-6-24-5-2-3-8-29(24)25/h2-13,17,21,26,31,35H,14-16,18-20,22H2,1H3,(H,37,38)/t31-/m1/s1. The van der Waals surface area contributed by atoms with Crippen molar-refractivity contribution in [2.24, 2.45) is 5.92 Å². The van der Waals surface area contributed by atoms with Gasteiger partial charge in [-0.25, -0.2) is 18.2 Å². The molecule has 1 aromatic heterocycles. The number of nitrogens with one attached hydrogen (secondary N) is 1. The highest BCUT2D eigenvalue weighted by Gasteiger charge is 2.33. The summed E-state index contributed by atoms with van der Waals surface area (Å²) in [5.74, 6) is -0.674. The summed E-state index contributed by atoms with van der Waals surface area (Å²) in [6.07, 6.45) is 2.59. The van der Waals surface area contributed by atoms with E-state index in [1.54, 1.807) is 23.1 Å². The molecule has 0 radical (unpaired) electrons. The maximum Gasteiger partial charge on any atom is 0.409 e. The Bertz CT molecular complexity index is 1710. The normalized spacial score (nSPS) is 14.7. The van der Waals surface area contributed by atoms with E-state index in [1.165, 1.54) is 31.5 Å². The van der Waals surface area contributed by atoms with Crippen LogP contribution in [0.4, 0.5) is 4.79 Å². The van der Waals surface area contributed by atoms with Crippen LogP contribution in [0, 0.1) is 5.92 Å². The van der Waals surface area contributed by atoms with Gasteiger partial charge in [-0.05, 0) is 77.1 Å². The van der Waals surface area contributed by atoms with Crippen LogP contribution in [0.15, 0.2) is 95.0 Å². The number of sulfone groups is 1. The summed E-state index contributed by atoms with van der Waals surface area (Å²) in [5.41, 5.74) is 1.70. The molecular formula is C33H35N3O7S. The summed E-state index contributed by atoms with van der Waals surface area (Å²) >= 11 is 0. The fraction of sp³-hybridized carbons (Fsp3) is 0.303. The molecule has 1 atom stereocenters. The van der Waals surface area contributed by atoms with Gasteiger partial charge < -0.3 is 24.8 Å². The number of piperidine rings is 1. The van der Waals surface area contributed by atoms with Crippen molar-refractivity contribution >= 4 is 32.7 Å². The van der Waals surface area contributed by atoms with Crippen molar-refractivity contribution in [3.63, 3.8) is 0 Å². The third kappa shape index (κ3) is 7.17. The molecule has 1 saturated heterocycles. The Kier molecular flexibility index (Phi) is 9.76. The van der Waals surface area contributed by atoms with Gasteiger partial charge in [-0.2, -0.15) is 0 Å². The van der Waals surface area contributed by atoms with Gasteiger partial charge in [0.25, 0.3) is 0 Å². The molecule has 230 valence electrons. The van der Waals surface area contributed by atoms with Crippen molar-refractivity contribution in [2.45, 2.75) is 41.8 Å². The first-order valence-corrected chi connectivity index (χ1v) is 15.9. The Morgan fingerprint density at radius 1 is 1.02 bits per heavy atom. The first-order chi connectivity index (χ1) is 21.3. The molecule has 44 heavy (non-hydrogen) atoms. The number of rotatable bonds is 11. The topological polar surface area (TPSA) is 135 Å². The average Bonchev–Trinajstić information content (AvgIpc) is 3.05. The molecule has 0 saturated carbocycles. The van der Waals surface area contributed by atoms with Gasteiger partial charge in [-0.1, -0.05) is 42.5 Å². The molecule has 1 aliphatic rings. The number of aromatic nitrogens is 1. The zero-order valence-electron chi connectivity index (χ0n) is 24.4. The van der Waals surface area contributed by atoms with E-state index in [9.17, 15) is 23.1 Å². The van der Waals surface area contributed by atoms with Crippen molar-refractivity contribution in [2.75, 3.05) is 26.8 Å². The first-order valence-electron chi connectivity index (χ1n) is 14.4. The number of amides is 1. The largest absolute Gasteiger partial charge is 0.497 e. The lowest BCUT2D eigenvalue weighted by molar-refractivity contribution is -0.141. The van der Waals surface area contributed by atoms with Crippen LogP contribution in [0.1, 0.15) is 24.0 Å². The lowest BCUT2D eigenvalue weighted by Gasteiger charge is -2.34. The van der Waals surface area contributed by atoms with E-state index in [0.29, 0.717) is 43.7 Å². The molecule has 1 aliphatic heterocycles. The molecule has 0 unspecified atom stereocenters. The third-order valence-corrected chi connectivity index (χ3v) is 9.65. The smallest absolute Gasteiger partial charge is 0.409 e. The Morgan fingerprint density at radius 2 is 1.75 bits per heavy atom. The number of carbonyl (C=O) groups is 2. The molecule has 0 bridgehead atoms. The lowest BCUT2D eigenvalue weighted by atomic mass is 9.89. The second kappa shape index (κ2) is 13.9. The Hall–Kier alpha value is -4.48. The van der Waals surface area contributed by atoms with Gasteiger partial charge in [0.2, 0.25) is 9.84 Å². The predicted molar refractivity (Wildman–Crippen MR) is 164 cm³/mol. The fourth-order valence-corrected chi connectivity index (χ4v) is 6.77. The summed E-state index contributed by atoms with van der Waals surface area (Å²) in [4.78, 5) is 30.7. The number of hydrogen-bond donors (Lipinski definition) is 2. The summed E-state index contributed by atoms with van der Waals surface area (Å²) < 4.78 is 36.8. The number of likely N-dealkylation sites (tertiary alicyclic amines) is 1. The van der Waals surface area contributed by atoms with Crippen LogP contribution in [-0.2, 0) is 32.3 Å². The Labute approximate surface area is 256 Å². The zero-order valence-corrected chi connectivity index (χ0v) is 25.2. The predicted octanol–water partition coefficient (Wildman–Crippen LogP) is 4.71. The van der Waals surface area contributed by atoms with Crippen LogP contribution in [0.3, 0.4) is 0 Å². The Morgan fingerprint density at radius 3 is 2.48 bits per heavy atom. The number of benzene rings is 3. The molecule has 11 heteroatoms. The number of fused-ring (bicyclic) bond motifs is 1. The molecule has 0 spiro atoms. The number of carbonyl (C=O) groups excluding carboxylic acids is 1. The molecule has 0 aliphatic carbocycles. The number of hydrogen-bond acceptors (Lipinski definition) is 8. The van der Waals surface area contributed by atoms with Gasteiger partial charge in [0, 0.05) is 32.3 Å². The zero-order chi connectivity index (χ0) is 31.1. The maximum absolute atomic E-state index is 13.1. The molecule has 2 N–H and O–H groups in total. The SMILES string of the molecule is COc1ccc(S(=O)(=O)c2cc(CN[C@@H](C(=O)O)C3CCN(C(=O)OCCc4cccc5ccccc45)CC3)ccn2)cc1. The van der Waals surface area contributed by atoms with Crippen molar-refractivity contribution in [1.82, 2.24) is 15.2 Å². The van der Waals surface area contributed by atoms with Crippen molar-refractivity contribution < 1.29 is 32.6 Å². The number of pyridine rings is 1. The molecule has 10 nitrogen and oxygen atoms in total. The van der Waals surface area contributed by atoms with Gasteiger partial charge in [-0.15, -0.1) is 0 Å². The van der Waals surface area contributed by atoms with E-state index in [-0.39, 0.29) is 29.0 Å². The number of aliphatic carboxylic acids is 1. The van der Waals surface area contributed by atoms with Crippen LogP contribution in [0.2, 0.25) is 0 Å². The molecule has 3 aromatic carbocycles. The van der Waals surface area contributed by atoms with Crippen LogP contribution < -0.4 is 10.1 Å². The van der Waals surface area contributed by atoms with E-state index in [1.807, 2.05) is 24.3 Å². The lowest BCUT2D eigenvalue weighted by Crippen LogP contribution is -2.48. The number of ether oxygens (including phenoxy) is 2. The van der Waals surface area contributed by atoms with Gasteiger partial charge in [0.1, 0.15) is 11.8 Å². The van der Waals surface area contributed by atoms with Gasteiger partial charge >= 0.3 is 12.1 Å². The number of carboxylic acid groups (broad SMARTS) is 1. The monoisotopic (exact) mass is 617 g/mol. The Balaban J connectivity index is 1.13. The number of carboxylic acids is 1. The third-order valence-electron chi connectivity index (χ3n) is 7.98. The highest BCUT2D eigenvalue weighted by Crippen LogP contribution is 2.25. The average molecular weight is 618 g/mol. The molecule has 2 heterocycles. The minimum absolute atomic E-state index is 0.0816. The first kappa shape index (κ1) is 31.0. The molecule has 5 rings (SSSR count). The minimum atomic E-state index is -3.87. The summed E-state index contributed by atoms with van der Waals surface area (Å²) in [5, 5.41) is 15.2. The molecule has 1 fully saturated rings. The van der Waals surface area contributed by atoms with Crippen molar-refractivity contribution in [3.8, 4) is 5.75 Å².